The number of thiophene rings is 1. The van der Waals surface area contributed by atoms with Crippen LogP contribution in [0.3, 0.4) is 0 Å². The molecule has 1 fully saturated rings. The van der Waals surface area contributed by atoms with Gasteiger partial charge in [0.1, 0.15) is 9.88 Å². The van der Waals surface area contributed by atoms with E-state index in [-0.39, 0.29) is 11.9 Å². The molecule has 1 saturated heterocycles. The molecule has 0 spiro atoms. The van der Waals surface area contributed by atoms with Crippen LogP contribution in [0.4, 0.5) is 0 Å². The molecule has 6 heteroatoms. The fourth-order valence-corrected chi connectivity index (χ4v) is 4.71. The summed E-state index contributed by atoms with van der Waals surface area (Å²) in [6.45, 7) is 2.86. The van der Waals surface area contributed by atoms with Gasteiger partial charge < -0.3 is 5.32 Å². The van der Waals surface area contributed by atoms with Gasteiger partial charge in [0.2, 0.25) is 0 Å². The topological polar surface area (TPSA) is 45.2 Å². The first kappa shape index (κ1) is 16.4. The number of aromatic nitrogens is 1. The average molecular weight is 370 g/mol. The van der Waals surface area contributed by atoms with E-state index >= 15 is 0 Å². The lowest BCUT2D eigenvalue weighted by molar-refractivity contribution is 0.0941. The molecule has 1 amide bonds. The average Bonchev–Trinajstić information content (AvgIpc) is 3.37. The number of amides is 1. The Balaban J connectivity index is 1.33. The fraction of sp³-hybridized carbons (Fsp3) is 0.263. The van der Waals surface area contributed by atoms with Gasteiger partial charge in [-0.05, 0) is 23.4 Å². The lowest BCUT2D eigenvalue weighted by atomic mass is 10.2. The molecule has 3 heterocycles. The maximum Gasteiger partial charge on any atom is 0.263 e. The standard InChI is InChI=1S/C19H19N3OS2/c23-18(17-11-20-19(25-17)16-7-4-10-24-16)21-15-8-9-22(13-15)12-14-5-2-1-3-6-14/h1-7,10-11,15H,8-9,12-13H2,(H,21,23). The molecule has 1 aliphatic rings. The predicted molar refractivity (Wildman–Crippen MR) is 103 cm³/mol. The summed E-state index contributed by atoms with van der Waals surface area (Å²) in [4.78, 5) is 21.1. The van der Waals surface area contributed by atoms with E-state index in [1.54, 1.807) is 17.5 Å². The molecule has 1 aliphatic heterocycles. The third-order valence-corrected chi connectivity index (χ3v) is 6.35. The van der Waals surface area contributed by atoms with Crippen molar-refractivity contribution < 1.29 is 4.79 Å². The second-order valence-electron chi connectivity index (χ2n) is 6.19. The van der Waals surface area contributed by atoms with Crippen molar-refractivity contribution in [1.82, 2.24) is 15.2 Å². The monoisotopic (exact) mass is 369 g/mol. The van der Waals surface area contributed by atoms with Crippen LogP contribution >= 0.6 is 22.7 Å². The van der Waals surface area contributed by atoms with Gasteiger partial charge in [0.05, 0.1) is 11.1 Å². The first-order chi connectivity index (χ1) is 12.3. The Morgan fingerprint density at radius 1 is 1.24 bits per heavy atom. The molecule has 0 aliphatic carbocycles. The van der Waals surface area contributed by atoms with E-state index < -0.39 is 0 Å². The van der Waals surface area contributed by atoms with Crippen molar-refractivity contribution in [2.75, 3.05) is 13.1 Å². The number of benzene rings is 1. The maximum absolute atomic E-state index is 12.5. The summed E-state index contributed by atoms with van der Waals surface area (Å²) in [5, 5.41) is 6.10. The van der Waals surface area contributed by atoms with Gasteiger partial charge in [-0.1, -0.05) is 36.4 Å². The number of hydrogen-bond acceptors (Lipinski definition) is 5. The van der Waals surface area contributed by atoms with Crippen molar-refractivity contribution >= 4 is 28.6 Å². The van der Waals surface area contributed by atoms with Gasteiger partial charge in [-0.3, -0.25) is 9.69 Å². The highest BCUT2D eigenvalue weighted by Crippen LogP contribution is 2.29. The van der Waals surface area contributed by atoms with Crippen LogP contribution in [0.2, 0.25) is 0 Å². The summed E-state index contributed by atoms with van der Waals surface area (Å²) in [7, 11) is 0. The van der Waals surface area contributed by atoms with E-state index in [1.165, 1.54) is 16.9 Å². The second kappa shape index (κ2) is 7.47. The van der Waals surface area contributed by atoms with Crippen molar-refractivity contribution in [2.24, 2.45) is 0 Å². The van der Waals surface area contributed by atoms with Gasteiger partial charge >= 0.3 is 0 Å². The van der Waals surface area contributed by atoms with Gasteiger partial charge in [0.15, 0.2) is 0 Å². The third-order valence-electron chi connectivity index (χ3n) is 4.32. The summed E-state index contributed by atoms with van der Waals surface area (Å²) in [6, 6.07) is 14.7. The molecule has 25 heavy (non-hydrogen) atoms. The van der Waals surface area contributed by atoms with Gasteiger partial charge in [0.25, 0.3) is 5.91 Å². The molecule has 128 valence electrons. The summed E-state index contributed by atoms with van der Waals surface area (Å²) in [5.41, 5.74) is 1.32. The highest BCUT2D eigenvalue weighted by atomic mass is 32.1. The molecular weight excluding hydrogens is 350 g/mol. The number of carbonyl (C=O) groups excluding carboxylic acids is 1. The molecule has 3 aromatic rings. The Morgan fingerprint density at radius 2 is 2.12 bits per heavy atom. The quantitative estimate of drug-likeness (QED) is 0.742. The van der Waals surface area contributed by atoms with Crippen LogP contribution in [0.5, 0.6) is 0 Å². The Labute approximate surface area is 155 Å². The molecule has 1 aromatic carbocycles. The van der Waals surface area contributed by atoms with Crippen molar-refractivity contribution in [2.45, 2.75) is 19.0 Å². The van der Waals surface area contributed by atoms with E-state index in [1.807, 2.05) is 23.6 Å². The minimum atomic E-state index is -0.00753. The van der Waals surface area contributed by atoms with E-state index in [0.717, 1.165) is 35.9 Å². The number of thiazole rings is 1. The smallest absolute Gasteiger partial charge is 0.263 e. The summed E-state index contributed by atoms with van der Waals surface area (Å²) >= 11 is 3.10. The van der Waals surface area contributed by atoms with Crippen LogP contribution in [0.25, 0.3) is 9.88 Å². The molecule has 1 N–H and O–H groups in total. The molecule has 2 aromatic heterocycles. The molecule has 4 rings (SSSR count). The van der Waals surface area contributed by atoms with Gasteiger partial charge in [0, 0.05) is 25.7 Å². The van der Waals surface area contributed by atoms with Crippen molar-refractivity contribution in [3.8, 4) is 9.88 Å². The number of nitrogens with one attached hydrogen (secondary N) is 1. The lowest BCUT2D eigenvalue weighted by Gasteiger charge is -2.16. The number of rotatable bonds is 5. The number of carbonyl (C=O) groups is 1. The molecule has 4 nitrogen and oxygen atoms in total. The van der Waals surface area contributed by atoms with Crippen molar-refractivity contribution in [3.05, 3.63) is 64.5 Å². The van der Waals surface area contributed by atoms with E-state index in [0.29, 0.717) is 4.88 Å². The Morgan fingerprint density at radius 3 is 2.92 bits per heavy atom. The first-order valence-corrected chi connectivity index (χ1v) is 10.0. The number of likely N-dealkylation sites (tertiary alicyclic amines) is 1. The Kier molecular flexibility index (Phi) is 4.92. The highest BCUT2D eigenvalue weighted by molar-refractivity contribution is 7.21. The van der Waals surface area contributed by atoms with Crippen LogP contribution in [-0.2, 0) is 6.54 Å². The SMILES string of the molecule is O=C(NC1CCN(Cc2ccccc2)C1)c1cnc(-c2cccs2)s1. The zero-order chi connectivity index (χ0) is 17.1. The van der Waals surface area contributed by atoms with Gasteiger partial charge in [-0.25, -0.2) is 4.98 Å². The Hall–Kier alpha value is -2.02. The first-order valence-electron chi connectivity index (χ1n) is 8.35. The normalized spacial score (nSPS) is 17.7. The molecule has 0 bridgehead atoms. The van der Waals surface area contributed by atoms with Gasteiger partial charge in [-0.15, -0.1) is 22.7 Å². The van der Waals surface area contributed by atoms with Crippen LogP contribution in [0.15, 0.2) is 54.0 Å². The summed E-state index contributed by atoms with van der Waals surface area (Å²) in [5.74, 6) is -0.00753. The summed E-state index contributed by atoms with van der Waals surface area (Å²) in [6.07, 6.45) is 2.68. The number of nitrogens with zero attached hydrogens (tertiary/aromatic N) is 2. The summed E-state index contributed by atoms with van der Waals surface area (Å²) < 4.78 is 0. The van der Waals surface area contributed by atoms with Crippen molar-refractivity contribution in [3.63, 3.8) is 0 Å². The second-order valence-corrected chi connectivity index (χ2v) is 8.17. The van der Waals surface area contributed by atoms with Crippen molar-refractivity contribution in [1.29, 1.82) is 0 Å². The van der Waals surface area contributed by atoms with Crippen LogP contribution < -0.4 is 5.32 Å². The zero-order valence-corrected chi connectivity index (χ0v) is 15.4. The van der Waals surface area contributed by atoms with E-state index in [4.69, 9.17) is 0 Å². The van der Waals surface area contributed by atoms with Crippen LogP contribution in [0, 0.1) is 0 Å². The molecule has 1 unspecified atom stereocenters. The highest BCUT2D eigenvalue weighted by Gasteiger charge is 2.25. The van der Waals surface area contributed by atoms with E-state index in [2.05, 4.69) is 39.5 Å². The van der Waals surface area contributed by atoms with Crippen LogP contribution in [0.1, 0.15) is 21.7 Å². The lowest BCUT2D eigenvalue weighted by Crippen LogP contribution is -2.36. The largest absolute Gasteiger partial charge is 0.347 e. The van der Waals surface area contributed by atoms with Crippen LogP contribution in [-0.4, -0.2) is 34.9 Å². The number of hydrogen-bond donors (Lipinski definition) is 1. The molecular formula is C19H19N3OS2. The molecule has 0 radical (unpaired) electrons. The molecule has 1 atom stereocenters. The fourth-order valence-electron chi connectivity index (χ4n) is 3.09. The zero-order valence-electron chi connectivity index (χ0n) is 13.7. The molecule has 0 saturated carbocycles. The predicted octanol–water partition coefficient (Wildman–Crippen LogP) is 3.88. The Bertz CT molecular complexity index is 829. The maximum atomic E-state index is 12.5. The van der Waals surface area contributed by atoms with E-state index in [9.17, 15) is 4.79 Å². The third kappa shape index (κ3) is 3.98. The van der Waals surface area contributed by atoms with Gasteiger partial charge in [-0.2, -0.15) is 0 Å². The minimum Gasteiger partial charge on any atom is -0.347 e. The minimum absolute atomic E-state index is 0.00753.